The van der Waals surface area contributed by atoms with E-state index in [-0.39, 0.29) is 11.2 Å². The molecule has 6 nitrogen and oxygen atoms in total. The molecule has 3 aromatic heterocycles. The standard InChI is InChI=1S/C15H8ClN3O3/c16-15-19-11(8-21-15)14-18-10(7-20-14)13-17-6-12(22-13)9-4-2-1-3-5-9/h1-8H. The van der Waals surface area contributed by atoms with Gasteiger partial charge in [0.2, 0.25) is 11.8 Å². The summed E-state index contributed by atoms with van der Waals surface area (Å²) in [5.74, 6) is 1.30. The first kappa shape index (κ1) is 12.8. The maximum absolute atomic E-state index is 5.71. The molecule has 0 bridgehead atoms. The highest BCUT2D eigenvalue weighted by Gasteiger charge is 2.16. The van der Waals surface area contributed by atoms with E-state index in [1.165, 1.54) is 12.5 Å². The van der Waals surface area contributed by atoms with Gasteiger partial charge in [0.25, 0.3) is 5.35 Å². The number of oxazole rings is 3. The van der Waals surface area contributed by atoms with E-state index in [9.17, 15) is 0 Å². The average molecular weight is 314 g/mol. The Bertz CT molecular complexity index is 911. The highest BCUT2D eigenvalue weighted by atomic mass is 35.5. The van der Waals surface area contributed by atoms with Crippen LogP contribution in [0.5, 0.6) is 0 Å². The fourth-order valence-corrected chi connectivity index (χ4v) is 2.10. The monoisotopic (exact) mass is 313 g/mol. The summed E-state index contributed by atoms with van der Waals surface area (Å²) >= 11 is 5.63. The maximum atomic E-state index is 5.71. The normalized spacial score (nSPS) is 11.0. The van der Waals surface area contributed by atoms with Gasteiger partial charge >= 0.3 is 0 Å². The van der Waals surface area contributed by atoms with Gasteiger partial charge in [0.15, 0.2) is 17.1 Å². The molecule has 0 aliphatic heterocycles. The van der Waals surface area contributed by atoms with Crippen LogP contribution in [0.4, 0.5) is 0 Å². The van der Waals surface area contributed by atoms with Gasteiger partial charge in [-0.1, -0.05) is 30.3 Å². The van der Waals surface area contributed by atoms with Crippen molar-refractivity contribution in [3.63, 3.8) is 0 Å². The number of hydrogen-bond donors (Lipinski definition) is 0. The van der Waals surface area contributed by atoms with Gasteiger partial charge in [-0.15, -0.1) is 0 Å². The number of hydrogen-bond acceptors (Lipinski definition) is 6. The van der Waals surface area contributed by atoms with Crippen molar-refractivity contribution in [3.05, 3.63) is 54.4 Å². The molecule has 1 aromatic carbocycles. The van der Waals surface area contributed by atoms with E-state index in [0.717, 1.165) is 5.56 Å². The van der Waals surface area contributed by atoms with Gasteiger partial charge in [0.05, 0.1) is 6.20 Å². The molecule has 0 saturated heterocycles. The van der Waals surface area contributed by atoms with Gasteiger partial charge in [-0.05, 0) is 11.6 Å². The Hall–Kier alpha value is -2.86. The van der Waals surface area contributed by atoms with Crippen LogP contribution in [0.15, 0.2) is 62.3 Å². The topological polar surface area (TPSA) is 78.1 Å². The van der Waals surface area contributed by atoms with Crippen molar-refractivity contribution in [2.75, 3.05) is 0 Å². The van der Waals surface area contributed by atoms with E-state index in [4.69, 9.17) is 24.9 Å². The summed E-state index contributed by atoms with van der Waals surface area (Å²) in [6.45, 7) is 0. The van der Waals surface area contributed by atoms with Crippen molar-refractivity contribution in [2.45, 2.75) is 0 Å². The lowest BCUT2D eigenvalue weighted by Gasteiger charge is -1.93. The summed E-state index contributed by atoms with van der Waals surface area (Å²) < 4.78 is 16.0. The SMILES string of the molecule is Clc1nc(-c2nc(-c3ncc(-c4ccccc4)o3)co2)co1. The predicted molar refractivity (Wildman–Crippen MR) is 77.9 cm³/mol. The number of aromatic nitrogens is 3. The number of benzene rings is 1. The summed E-state index contributed by atoms with van der Waals surface area (Å²) in [6, 6.07) is 9.68. The average Bonchev–Trinajstić information content (AvgIpc) is 3.27. The van der Waals surface area contributed by atoms with E-state index in [1.807, 2.05) is 30.3 Å². The summed E-state index contributed by atoms with van der Waals surface area (Å²) in [5, 5.41) is 0.0252. The van der Waals surface area contributed by atoms with E-state index < -0.39 is 0 Å². The Morgan fingerprint density at radius 3 is 2.41 bits per heavy atom. The highest BCUT2D eigenvalue weighted by Crippen LogP contribution is 2.28. The zero-order chi connectivity index (χ0) is 14.9. The first-order valence-electron chi connectivity index (χ1n) is 6.38. The zero-order valence-electron chi connectivity index (χ0n) is 11.1. The summed E-state index contributed by atoms with van der Waals surface area (Å²) in [7, 11) is 0. The summed E-state index contributed by atoms with van der Waals surface area (Å²) in [5.41, 5.74) is 1.82. The summed E-state index contributed by atoms with van der Waals surface area (Å²) in [4.78, 5) is 12.4. The molecule has 3 heterocycles. The smallest absolute Gasteiger partial charge is 0.292 e. The van der Waals surface area contributed by atoms with Gasteiger partial charge in [-0.3, -0.25) is 0 Å². The number of rotatable bonds is 3. The molecule has 0 amide bonds. The highest BCUT2D eigenvalue weighted by molar-refractivity contribution is 6.27. The molecular formula is C15H8ClN3O3. The third kappa shape index (κ3) is 2.29. The van der Waals surface area contributed by atoms with Crippen LogP contribution in [0, 0.1) is 0 Å². The molecule has 0 unspecified atom stereocenters. The first-order chi connectivity index (χ1) is 10.8. The number of nitrogens with zero attached hydrogens (tertiary/aromatic N) is 3. The van der Waals surface area contributed by atoms with Crippen LogP contribution in [0.25, 0.3) is 34.5 Å². The van der Waals surface area contributed by atoms with E-state index in [2.05, 4.69) is 15.0 Å². The second-order valence-corrected chi connectivity index (χ2v) is 4.74. The molecule has 0 saturated carbocycles. The van der Waals surface area contributed by atoms with Crippen molar-refractivity contribution < 1.29 is 13.3 Å². The molecule has 22 heavy (non-hydrogen) atoms. The molecule has 0 atom stereocenters. The van der Waals surface area contributed by atoms with E-state index >= 15 is 0 Å². The largest absolute Gasteiger partial charge is 0.442 e. The molecule has 0 aliphatic carbocycles. The third-order valence-electron chi connectivity index (χ3n) is 2.98. The van der Waals surface area contributed by atoms with Gasteiger partial charge in [-0.25, -0.2) is 9.97 Å². The molecule has 0 fully saturated rings. The van der Waals surface area contributed by atoms with Gasteiger partial charge in [0.1, 0.15) is 12.5 Å². The van der Waals surface area contributed by atoms with E-state index in [1.54, 1.807) is 6.20 Å². The second-order valence-electron chi connectivity index (χ2n) is 4.42. The Morgan fingerprint density at radius 1 is 0.864 bits per heavy atom. The molecule has 4 rings (SSSR count). The lowest BCUT2D eigenvalue weighted by Crippen LogP contribution is -1.79. The van der Waals surface area contributed by atoms with Crippen molar-refractivity contribution in [3.8, 4) is 34.5 Å². The fourth-order valence-electron chi connectivity index (χ4n) is 1.97. The minimum Gasteiger partial charge on any atom is -0.442 e. The quantitative estimate of drug-likeness (QED) is 0.561. The Balaban J connectivity index is 1.66. The molecule has 0 spiro atoms. The number of halogens is 1. The van der Waals surface area contributed by atoms with Crippen LogP contribution in [-0.2, 0) is 0 Å². The van der Waals surface area contributed by atoms with Crippen molar-refractivity contribution in [1.29, 1.82) is 0 Å². The molecule has 108 valence electrons. The van der Waals surface area contributed by atoms with E-state index in [0.29, 0.717) is 23.0 Å². The fraction of sp³-hybridized carbons (Fsp3) is 0. The summed E-state index contributed by atoms with van der Waals surface area (Å²) in [6.07, 6.45) is 4.45. The third-order valence-corrected chi connectivity index (χ3v) is 3.16. The first-order valence-corrected chi connectivity index (χ1v) is 6.76. The Morgan fingerprint density at radius 2 is 1.64 bits per heavy atom. The molecule has 4 aromatic rings. The van der Waals surface area contributed by atoms with Crippen molar-refractivity contribution in [2.24, 2.45) is 0 Å². The molecule has 0 radical (unpaired) electrons. The van der Waals surface area contributed by atoms with Crippen LogP contribution in [-0.4, -0.2) is 15.0 Å². The predicted octanol–water partition coefficient (Wildman–Crippen LogP) is 4.31. The zero-order valence-corrected chi connectivity index (χ0v) is 11.8. The molecule has 0 aliphatic rings. The van der Waals surface area contributed by atoms with Crippen LogP contribution in [0.2, 0.25) is 5.35 Å². The van der Waals surface area contributed by atoms with Crippen LogP contribution >= 0.6 is 11.6 Å². The molecular weight excluding hydrogens is 306 g/mol. The Kier molecular flexibility index (Phi) is 3.01. The van der Waals surface area contributed by atoms with Gasteiger partial charge < -0.3 is 13.3 Å². The van der Waals surface area contributed by atoms with Crippen LogP contribution in [0.3, 0.4) is 0 Å². The van der Waals surface area contributed by atoms with Crippen LogP contribution in [0.1, 0.15) is 0 Å². The van der Waals surface area contributed by atoms with Gasteiger partial charge in [-0.2, -0.15) is 4.98 Å². The van der Waals surface area contributed by atoms with Crippen molar-refractivity contribution >= 4 is 11.6 Å². The molecule has 7 heteroatoms. The lowest BCUT2D eigenvalue weighted by molar-refractivity contribution is 0.555. The Labute approximate surface area is 129 Å². The molecule has 0 N–H and O–H groups in total. The minimum atomic E-state index is 0.0252. The van der Waals surface area contributed by atoms with Crippen molar-refractivity contribution in [1.82, 2.24) is 15.0 Å². The van der Waals surface area contributed by atoms with Gasteiger partial charge in [0, 0.05) is 5.56 Å². The lowest BCUT2D eigenvalue weighted by atomic mass is 10.2. The maximum Gasteiger partial charge on any atom is 0.292 e. The van der Waals surface area contributed by atoms with Crippen LogP contribution < -0.4 is 0 Å². The minimum absolute atomic E-state index is 0.0252. The second kappa shape index (κ2) is 5.16.